The average Bonchev–Trinajstić information content (AvgIpc) is 2.54. The second-order valence-corrected chi connectivity index (χ2v) is 5.07. The molecule has 2 heterocycles. The summed E-state index contributed by atoms with van der Waals surface area (Å²) in [6, 6.07) is 1.92. The molecule has 2 rings (SSSR count). The van der Waals surface area contributed by atoms with Crippen LogP contribution in [0.2, 0.25) is 0 Å². The van der Waals surface area contributed by atoms with Crippen molar-refractivity contribution in [2.75, 3.05) is 6.61 Å². The maximum Gasteiger partial charge on any atom is 0.198 e. The van der Waals surface area contributed by atoms with Crippen LogP contribution < -0.4 is 4.74 Å². The lowest BCUT2D eigenvalue weighted by Gasteiger charge is -2.09. The first kappa shape index (κ1) is 11.4. The number of aryl methyl sites for hydroxylation is 1. The molecule has 16 heavy (non-hydrogen) atoms. The van der Waals surface area contributed by atoms with Crippen molar-refractivity contribution in [1.29, 1.82) is 0 Å². The van der Waals surface area contributed by atoms with Gasteiger partial charge in [-0.2, -0.15) is 5.10 Å². The number of halogens is 1. The normalized spacial score (nSPS) is 11.3. The van der Waals surface area contributed by atoms with Gasteiger partial charge in [0.2, 0.25) is 0 Å². The molecule has 0 amide bonds. The van der Waals surface area contributed by atoms with Gasteiger partial charge in [-0.1, -0.05) is 13.8 Å². The Labute approximate surface area is 103 Å². The van der Waals surface area contributed by atoms with Crippen LogP contribution in [0.1, 0.15) is 19.7 Å². The monoisotopic (exact) mass is 283 g/mol. The van der Waals surface area contributed by atoms with Gasteiger partial charge in [0.25, 0.3) is 0 Å². The summed E-state index contributed by atoms with van der Waals surface area (Å²) in [4.78, 5) is 4.34. The maximum absolute atomic E-state index is 5.72. The van der Waals surface area contributed by atoms with Crippen molar-refractivity contribution >= 4 is 21.6 Å². The fourth-order valence-corrected chi connectivity index (χ4v) is 1.80. The predicted octanol–water partition coefficient (Wildman–Crippen LogP) is 2.84. The van der Waals surface area contributed by atoms with Gasteiger partial charge < -0.3 is 4.74 Å². The molecule has 0 bridgehead atoms. The molecular weight excluding hydrogens is 270 g/mol. The first-order chi connectivity index (χ1) is 7.56. The third-order valence-electron chi connectivity index (χ3n) is 2.04. The summed E-state index contributed by atoms with van der Waals surface area (Å²) in [5.41, 5.74) is 0.765. The van der Waals surface area contributed by atoms with E-state index in [1.807, 2.05) is 19.2 Å². The molecule has 0 atom stereocenters. The van der Waals surface area contributed by atoms with Crippen LogP contribution in [0.5, 0.6) is 5.75 Å². The summed E-state index contributed by atoms with van der Waals surface area (Å²) in [7, 11) is 0. The van der Waals surface area contributed by atoms with E-state index < -0.39 is 0 Å². The quantitative estimate of drug-likeness (QED) is 0.870. The molecule has 0 aromatic carbocycles. The van der Waals surface area contributed by atoms with Gasteiger partial charge in [-0.25, -0.2) is 9.50 Å². The lowest BCUT2D eigenvalue weighted by atomic mass is 10.2. The minimum absolute atomic E-state index is 0.489. The Bertz CT molecular complexity index is 507. The van der Waals surface area contributed by atoms with E-state index in [1.54, 1.807) is 4.52 Å². The highest BCUT2D eigenvalue weighted by Gasteiger charge is 2.09. The van der Waals surface area contributed by atoms with Crippen LogP contribution in [0.4, 0.5) is 0 Å². The van der Waals surface area contributed by atoms with E-state index in [4.69, 9.17) is 4.74 Å². The molecule has 0 N–H and O–H groups in total. The zero-order valence-electron chi connectivity index (χ0n) is 9.57. The fraction of sp³-hybridized carbons (Fsp3) is 0.455. The van der Waals surface area contributed by atoms with Crippen LogP contribution in [-0.4, -0.2) is 21.2 Å². The van der Waals surface area contributed by atoms with Crippen molar-refractivity contribution in [2.24, 2.45) is 5.92 Å². The van der Waals surface area contributed by atoms with Crippen LogP contribution in [0, 0.1) is 12.8 Å². The largest absolute Gasteiger partial charge is 0.489 e. The number of fused-ring (bicyclic) bond motifs is 1. The summed E-state index contributed by atoms with van der Waals surface area (Å²) >= 11 is 3.43. The van der Waals surface area contributed by atoms with Gasteiger partial charge in [-0.15, -0.1) is 0 Å². The van der Waals surface area contributed by atoms with Crippen molar-refractivity contribution in [3.05, 3.63) is 22.6 Å². The first-order valence-corrected chi connectivity index (χ1v) is 6.01. The Hall–Kier alpha value is -1.10. The molecule has 0 radical (unpaired) electrons. The lowest BCUT2D eigenvalue weighted by molar-refractivity contribution is 0.272. The topological polar surface area (TPSA) is 39.4 Å². The van der Waals surface area contributed by atoms with Crippen molar-refractivity contribution in [1.82, 2.24) is 14.6 Å². The highest BCUT2D eigenvalue weighted by Crippen LogP contribution is 2.23. The maximum atomic E-state index is 5.72. The molecular formula is C11H14BrN3O. The van der Waals surface area contributed by atoms with E-state index in [-0.39, 0.29) is 0 Å². The molecule has 0 aliphatic heterocycles. The van der Waals surface area contributed by atoms with Crippen LogP contribution in [0.3, 0.4) is 0 Å². The van der Waals surface area contributed by atoms with E-state index in [0.717, 1.165) is 21.7 Å². The molecule has 86 valence electrons. The van der Waals surface area contributed by atoms with Crippen molar-refractivity contribution in [3.8, 4) is 5.75 Å². The van der Waals surface area contributed by atoms with E-state index in [0.29, 0.717) is 12.5 Å². The second-order valence-electron chi connectivity index (χ2n) is 4.15. The predicted molar refractivity (Wildman–Crippen MR) is 65.8 cm³/mol. The molecule has 0 fully saturated rings. The van der Waals surface area contributed by atoms with Gasteiger partial charge in [-0.05, 0) is 34.8 Å². The molecule has 0 unspecified atom stereocenters. The molecule has 4 nitrogen and oxygen atoms in total. The van der Waals surface area contributed by atoms with Crippen LogP contribution in [0.25, 0.3) is 5.65 Å². The van der Waals surface area contributed by atoms with Crippen LogP contribution in [0.15, 0.2) is 16.7 Å². The summed E-state index contributed by atoms with van der Waals surface area (Å²) in [6.07, 6.45) is 1.87. The van der Waals surface area contributed by atoms with E-state index in [9.17, 15) is 0 Å². The molecule has 0 aliphatic carbocycles. The van der Waals surface area contributed by atoms with E-state index >= 15 is 0 Å². The first-order valence-electron chi connectivity index (χ1n) is 5.21. The number of hydrogen-bond donors (Lipinski definition) is 0. The Morgan fingerprint density at radius 2 is 2.25 bits per heavy atom. The number of ether oxygens (including phenoxy) is 1. The molecule has 0 aliphatic rings. The zero-order chi connectivity index (χ0) is 11.7. The highest BCUT2D eigenvalue weighted by atomic mass is 79.9. The van der Waals surface area contributed by atoms with Gasteiger partial charge in [0, 0.05) is 10.7 Å². The SMILES string of the molecule is Cc1nc2c(OCC(C)C)cc(Br)cn2n1. The Kier molecular flexibility index (Phi) is 3.14. The van der Waals surface area contributed by atoms with Crippen LogP contribution in [-0.2, 0) is 0 Å². The standard InChI is InChI=1S/C11H14BrN3O/c1-7(2)6-16-10-4-9(12)5-15-11(10)13-8(3)14-15/h4-5,7H,6H2,1-3H3. The van der Waals surface area contributed by atoms with Crippen molar-refractivity contribution in [3.63, 3.8) is 0 Å². The number of aromatic nitrogens is 3. The molecule has 2 aromatic heterocycles. The summed E-state index contributed by atoms with van der Waals surface area (Å²) < 4.78 is 8.39. The van der Waals surface area contributed by atoms with Gasteiger partial charge in [0.15, 0.2) is 11.4 Å². The number of pyridine rings is 1. The van der Waals surface area contributed by atoms with Gasteiger partial charge in [0.1, 0.15) is 5.82 Å². The number of hydrogen-bond acceptors (Lipinski definition) is 3. The molecule has 0 saturated heterocycles. The van der Waals surface area contributed by atoms with Gasteiger partial charge in [0.05, 0.1) is 6.61 Å². The molecule has 2 aromatic rings. The average molecular weight is 284 g/mol. The Morgan fingerprint density at radius 3 is 2.94 bits per heavy atom. The van der Waals surface area contributed by atoms with E-state index in [2.05, 4.69) is 39.9 Å². The molecule has 0 spiro atoms. The Morgan fingerprint density at radius 1 is 1.50 bits per heavy atom. The number of rotatable bonds is 3. The smallest absolute Gasteiger partial charge is 0.198 e. The summed E-state index contributed by atoms with van der Waals surface area (Å²) in [6.45, 7) is 6.78. The van der Waals surface area contributed by atoms with Gasteiger partial charge >= 0.3 is 0 Å². The third-order valence-corrected chi connectivity index (χ3v) is 2.48. The third kappa shape index (κ3) is 2.35. The Balaban J connectivity index is 2.41. The second kappa shape index (κ2) is 4.41. The van der Waals surface area contributed by atoms with E-state index in [1.165, 1.54) is 0 Å². The van der Waals surface area contributed by atoms with Crippen molar-refractivity contribution < 1.29 is 4.74 Å². The minimum atomic E-state index is 0.489. The highest BCUT2D eigenvalue weighted by molar-refractivity contribution is 9.10. The summed E-state index contributed by atoms with van der Waals surface area (Å²) in [5, 5.41) is 4.26. The molecule has 0 saturated carbocycles. The van der Waals surface area contributed by atoms with Crippen LogP contribution >= 0.6 is 15.9 Å². The lowest BCUT2D eigenvalue weighted by Crippen LogP contribution is -2.05. The minimum Gasteiger partial charge on any atom is -0.489 e. The molecule has 5 heteroatoms. The summed E-state index contributed by atoms with van der Waals surface area (Å²) in [5.74, 6) is 2.00. The zero-order valence-corrected chi connectivity index (χ0v) is 11.2. The van der Waals surface area contributed by atoms with Crippen molar-refractivity contribution in [2.45, 2.75) is 20.8 Å². The van der Waals surface area contributed by atoms with Gasteiger partial charge in [-0.3, -0.25) is 0 Å². The fourth-order valence-electron chi connectivity index (χ4n) is 1.39. The number of nitrogens with zero attached hydrogens (tertiary/aromatic N) is 3.